The lowest BCUT2D eigenvalue weighted by atomic mass is 9.92. The SMILES string of the molecule is CS(=O)(=O)c1ccccc1C(=O)N1CCC(CCCNC(=O)C2=Cc3cnc4cccc(n34)S2)CC1. The van der Waals surface area contributed by atoms with Crippen LogP contribution in [0.25, 0.3) is 11.7 Å². The van der Waals surface area contributed by atoms with Gasteiger partial charge in [0.25, 0.3) is 11.8 Å². The van der Waals surface area contributed by atoms with E-state index in [4.69, 9.17) is 0 Å². The van der Waals surface area contributed by atoms with Crippen LogP contribution >= 0.6 is 11.8 Å². The summed E-state index contributed by atoms with van der Waals surface area (Å²) in [5, 5.41) is 4.02. The van der Waals surface area contributed by atoms with Crippen LogP contribution in [-0.2, 0) is 14.6 Å². The Bertz CT molecular complexity index is 1450. The van der Waals surface area contributed by atoms with E-state index in [0.717, 1.165) is 48.3 Å². The van der Waals surface area contributed by atoms with Crippen LogP contribution in [0, 0.1) is 5.92 Å². The van der Waals surface area contributed by atoms with Crippen molar-refractivity contribution in [3.05, 3.63) is 64.8 Å². The van der Waals surface area contributed by atoms with Crippen LogP contribution in [0.4, 0.5) is 0 Å². The molecule has 0 bridgehead atoms. The third-order valence-corrected chi connectivity index (χ3v) is 8.94. The van der Waals surface area contributed by atoms with Gasteiger partial charge in [0.05, 0.1) is 32.3 Å². The van der Waals surface area contributed by atoms with Gasteiger partial charge in [-0.25, -0.2) is 13.4 Å². The summed E-state index contributed by atoms with van der Waals surface area (Å²) in [6, 6.07) is 12.3. The number of nitrogens with zero attached hydrogens (tertiary/aromatic N) is 3. The standard InChI is InChI=1S/C26H28N4O4S2/c1-36(33,34)22-8-3-2-7-20(22)26(32)29-14-11-18(12-15-29)6-5-13-27-25(31)21-16-19-17-28-23-9-4-10-24(35-21)30(19)23/h2-4,7-10,16-18H,5-6,11-15H2,1H3,(H,27,31). The second-order valence-electron chi connectivity index (χ2n) is 9.25. The van der Waals surface area contributed by atoms with Crippen LogP contribution in [-0.4, -0.2) is 60.4 Å². The van der Waals surface area contributed by atoms with E-state index in [-0.39, 0.29) is 22.3 Å². The molecule has 1 N–H and O–H groups in total. The molecule has 2 amide bonds. The molecule has 0 atom stereocenters. The highest BCUT2D eigenvalue weighted by Crippen LogP contribution is 2.34. The molecular weight excluding hydrogens is 496 g/mol. The van der Waals surface area contributed by atoms with Gasteiger partial charge < -0.3 is 10.2 Å². The van der Waals surface area contributed by atoms with E-state index in [9.17, 15) is 18.0 Å². The van der Waals surface area contributed by atoms with Gasteiger partial charge in [0, 0.05) is 25.9 Å². The number of imidazole rings is 1. The van der Waals surface area contributed by atoms with E-state index in [1.165, 1.54) is 17.8 Å². The fraction of sp³-hybridized carbons (Fsp3) is 0.346. The minimum atomic E-state index is -3.47. The Morgan fingerprint density at radius 1 is 1.11 bits per heavy atom. The number of carbonyl (C=O) groups excluding carboxylic acids is 2. The maximum Gasteiger partial charge on any atom is 0.258 e. The number of piperidine rings is 1. The minimum absolute atomic E-state index is 0.0746. The molecule has 4 heterocycles. The van der Waals surface area contributed by atoms with E-state index >= 15 is 0 Å². The van der Waals surface area contributed by atoms with Gasteiger partial charge in [-0.15, -0.1) is 0 Å². The highest BCUT2D eigenvalue weighted by atomic mass is 32.2. The zero-order valence-corrected chi connectivity index (χ0v) is 21.6. The normalized spacial score (nSPS) is 16.1. The van der Waals surface area contributed by atoms with Gasteiger partial charge in [-0.1, -0.05) is 30.0 Å². The summed E-state index contributed by atoms with van der Waals surface area (Å²) in [7, 11) is -3.47. The third kappa shape index (κ3) is 5.05. The highest BCUT2D eigenvalue weighted by Gasteiger charge is 2.27. The van der Waals surface area contributed by atoms with Crippen molar-refractivity contribution in [1.82, 2.24) is 19.6 Å². The number of benzene rings is 1. The zero-order valence-electron chi connectivity index (χ0n) is 20.0. The van der Waals surface area contributed by atoms with Crippen molar-refractivity contribution in [3.63, 3.8) is 0 Å². The van der Waals surface area contributed by atoms with E-state index in [1.807, 2.05) is 28.7 Å². The Morgan fingerprint density at radius 2 is 1.89 bits per heavy atom. The van der Waals surface area contributed by atoms with Gasteiger partial charge in [0.1, 0.15) is 5.65 Å². The van der Waals surface area contributed by atoms with Crippen molar-refractivity contribution < 1.29 is 18.0 Å². The van der Waals surface area contributed by atoms with Crippen molar-refractivity contribution in [2.45, 2.75) is 35.6 Å². The van der Waals surface area contributed by atoms with E-state index < -0.39 is 9.84 Å². The van der Waals surface area contributed by atoms with Gasteiger partial charge in [0.15, 0.2) is 9.84 Å². The van der Waals surface area contributed by atoms with E-state index in [0.29, 0.717) is 30.5 Å². The Labute approximate surface area is 214 Å². The van der Waals surface area contributed by atoms with E-state index in [1.54, 1.807) is 29.3 Å². The van der Waals surface area contributed by atoms with E-state index in [2.05, 4.69) is 10.3 Å². The first-order chi connectivity index (χ1) is 17.3. The lowest BCUT2D eigenvalue weighted by molar-refractivity contribution is -0.116. The lowest BCUT2D eigenvalue weighted by Gasteiger charge is -2.32. The Kier molecular flexibility index (Phi) is 6.90. The van der Waals surface area contributed by atoms with Gasteiger partial charge >= 0.3 is 0 Å². The topological polar surface area (TPSA) is 101 Å². The number of aromatic nitrogens is 2. The highest BCUT2D eigenvalue weighted by molar-refractivity contribution is 8.04. The van der Waals surface area contributed by atoms with Crippen LogP contribution in [0.1, 0.15) is 41.7 Å². The summed E-state index contributed by atoms with van der Waals surface area (Å²) < 4.78 is 26.2. The fourth-order valence-electron chi connectivity index (χ4n) is 4.84. The number of hydrogen-bond donors (Lipinski definition) is 1. The number of likely N-dealkylation sites (tertiary alicyclic amines) is 1. The number of carbonyl (C=O) groups is 2. The van der Waals surface area contributed by atoms with Gasteiger partial charge in [-0.3, -0.25) is 14.0 Å². The molecule has 8 nitrogen and oxygen atoms in total. The molecular formula is C26H28N4O4S2. The number of hydrogen-bond acceptors (Lipinski definition) is 6. The van der Waals surface area contributed by atoms with Crippen LogP contribution < -0.4 is 5.32 Å². The molecule has 2 aliphatic heterocycles. The molecule has 2 aliphatic rings. The largest absolute Gasteiger partial charge is 0.352 e. The summed E-state index contributed by atoms with van der Waals surface area (Å²) in [5.41, 5.74) is 2.03. The smallest absolute Gasteiger partial charge is 0.258 e. The predicted molar refractivity (Wildman–Crippen MR) is 139 cm³/mol. The Balaban J connectivity index is 1.08. The first-order valence-corrected chi connectivity index (χ1v) is 14.7. The first kappa shape index (κ1) is 24.6. The first-order valence-electron chi connectivity index (χ1n) is 12.0. The molecule has 0 saturated carbocycles. The summed E-state index contributed by atoms with van der Waals surface area (Å²) in [5.74, 6) is 0.178. The summed E-state index contributed by atoms with van der Waals surface area (Å²) in [4.78, 5) is 32.6. The molecule has 0 radical (unpaired) electrons. The van der Waals surface area contributed by atoms with Crippen molar-refractivity contribution in [2.75, 3.05) is 25.9 Å². The van der Waals surface area contributed by atoms with Crippen LogP contribution in [0.3, 0.4) is 0 Å². The number of nitrogens with one attached hydrogen (secondary N) is 1. The second-order valence-corrected chi connectivity index (χ2v) is 12.3. The second kappa shape index (κ2) is 10.1. The molecule has 188 valence electrons. The van der Waals surface area contributed by atoms with Gasteiger partial charge in [-0.2, -0.15) is 0 Å². The third-order valence-electron chi connectivity index (χ3n) is 6.73. The molecule has 1 fully saturated rings. The van der Waals surface area contributed by atoms with Crippen LogP contribution in [0.5, 0.6) is 0 Å². The maximum absolute atomic E-state index is 13.0. The summed E-state index contributed by atoms with van der Waals surface area (Å²) >= 11 is 1.45. The molecule has 0 unspecified atom stereocenters. The van der Waals surface area contributed by atoms with Crippen molar-refractivity contribution in [3.8, 4) is 0 Å². The zero-order chi connectivity index (χ0) is 25.3. The average Bonchev–Trinajstić information content (AvgIpc) is 3.30. The summed E-state index contributed by atoms with van der Waals surface area (Å²) in [6.07, 6.45) is 8.37. The average molecular weight is 525 g/mol. The van der Waals surface area contributed by atoms with Crippen LogP contribution in [0.2, 0.25) is 0 Å². The molecule has 10 heteroatoms. The summed E-state index contributed by atoms with van der Waals surface area (Å²) in [6.45, 7) is 1.81. The van der Waals surface area contributed by atoms with Crippen LogP contribution in [0.15, 0.2) is 63.5 Å². The number of amides is 2. The quantitative estimate of drug-likeness (QED) is 0.474. The van der Waals surface area contributed by atoms with Crippen molar-refractivity contribution in [1.29, 1.82) is 0 Å². The van der Waals surface area contributed by atoms with Crippen molar-refractivity contribution >= 4 is 45.1 Å². The molecule has 36 heavy (non-hydrogen) atoms. The fourth-order valence-corrected chi connectivity index (χ4v) is 6.73. The minimum Gasteiger partial charge on any atom is -0.352 e. The molecule has 2 aromatic heterocycles. The molecule has 0 aliphatic carbocycles. The number of thioether (sulfide) groups is 1. The molecule has 1 aromatic carbocycles. The monoisotopic (exact) mass is 524 g/mol. The molecule has 3 aromatic rings. The van der Waals surface area contributed by atoms with Gasteiger partial charge in [0.2, 0.25) is 0 Å². The number of rotatable bonds is 7. The Morgan fingerprint density at radius 3 is 2.67 bits per heavy atom. The molecule has 1 saturated heterocycles. The van der Waals surface area contributed by atoms with Gasteiger partial charge in [-0.05, 0) is 61.9 Å². The lowest BCUT2D eigenvalue weighted by Crippen LogP contribution is -2.39. The number of sulfone groups is 1. The maximum atomic E-state index is 13.0. The predicted octanol–water partition coefficient (Wildman–Crippen LogP) is 3.63. The Hall–Kier alpha value is -3.11. The molecule has 0 spiro atoms. The molecule has 5 rings (SSSR count). The van der Waals surface area contributed by atoms with Crippen molar-refractivity contribution in [2.24, 2.45) is 5.92 Å². The number of pyridine rings is 1.